The first-order valence-corrected chi connectivity index (χ1v) is 6.39. The number of alkyl halides is 6. The molecular weight excluding hydrogens is 332 g/mol. The standard InChI is InChI=1S/C8H7F6N3O3S/c9-7(10,11)4-5(20-8(12,13)14)3(1-15)2-17-6(4)21(16,18)19/h2H,1,15H2,(H2,16,18,19). The molecule has 0 aliphatic heterocycles. The number of hydrogen-bond acceptors (Lipinski definition) is 5. The summed E-state index contributed by atoms with van der Waals surface area (Å²) in [5.74, 6) is -1.79. The van der Waals surface area contributed by atoms with Crippen molar-refractivity contribution in [1.29, 1.82) is 0 Å². The maximum Gasteiger partial charge on any atom is 0.573 e. The maximum absolute atomic E-state index is 12.9. The van der Waals surface area contributed by atoms with Crippen molar-refractivity contribution in [3.05, 3.63) is 17.3 Å². The van der Waals surface area contributed by atoms with Crippen LogP contribution in [-0.4, -0.2) is 19.8 Å². The lowest BCUT2D eigenvalue weighted by atomic mass is 10.1. The normalized spacial score (nSPS) is 13.3. The highest BCUT2D eigenvalue weighted by Crippen LogP contribution is 2.42. The molecule has 0 saturated carbocycles. The van der Waals surface area contributed by atoms with E-state index in [-0.39, 0.29) is 0 Å². The number of sulfonamides is 1. The Morgan fingerprint density at radius 3 is 2.05 bits per heavy atom. The van der Waals surface area contributed by atoms with Crippen LogP contribution in [0.3, 0.4) is 0 Å². The summed E-state index contributed by atoms with van der Waals surface area (Å²) in [6, 6.07) is 0. The van der Waals surface area contributed by atoms with E-state index in [1.165, 1.54) is 0 Å². The molecule has 21 heavy (non-hydrogen) atoms. The predicted molar refractivity (Wildman–Crippen MR) is 55.2 cm³/mol. The van der Waals surface area contributed by atoms with Crippen molar-refractivity contribution < 1.29 is 39.5 Å². The Morgan fingerprint density at radius 2 is 1.71 bits per heavy atom. The van der Waals surface area contributed by atoms with Crippen molar-refractivity contribution in [2.45, 2.75) is 24.1 Å². The molecule has 0 aliphatic rings. The van der Waals surface area contributed by atoms with Gasteiger partial charge in [-0.05, 0) is 0 Å². The third-order valence-electron chi connectivity index (χ3n) is 2.06. The van der Waals surface area contributed by atoms with Crippen LogP contribution in [0.5, 0.6) is 5.75 Å². The van der Waals surface area contributed by atoms with Crippen LogP contribution in [0.2, 0.25) is 0 Å². The molecule has 0 amide bonds. The summed E-state index contributed by atoms with van der Waals surface area (Å²) in [6.45, 7) is -0.799. The fraction of sp³-hybridized carbons (Fsp3) is 0.375. The summed E-state index contributed by atoms with van der Waals surface area (Å²) in [4.78, 5) is 2.92. The molecular formula is C8H7F6N3O3S. The quantitative estimate of drug-likeness (QED) is 0.802. The van der Waals surface area contributed by atoms with E-state index >= 15 is 0 Å². The second-order valence-electron chi connectivity index (χ2n) is 3.59. The van der Waals surface area contributed by atoms with Gasteiger partial charge in [0.05, 0.1) is 0 Å². The van der Waals surface area contributed by atoms with E-state index in [1.807, 2.05) is 0 Å². The van der Waals surface area contributed by atoms with E-state index < -0.39 is 51.0 Å². The molecule has 0 spiro atoms. The molecule has 0 aromatic carbocycles. The first kappa shape index (κ1) is 17.5. The van der Waals surface area contributed by atoms with Gasteiger partial charge in [-0.15, -0.1) is 13.2 Å². The van der Waals surface area contributed by atoms with Crippen LogP contribution in [-0.2, 0) is 22.7 Å². The number of nitrogens with zero attached hydrogens (tertiary/aromatic N) is 1. The van der Waals surface area contributed by atoms with Crippen LogP contribution in [0.25, 0.3) is 0 Å². The molecule has 4 N–H and O–H groups in total. The van der Waals surface area contributed by atoms with Crippen LogP contribution < -0.4 is 15.6 Å². The second-order valence-corrected chi connectivity index (χ2v) is 5.06. The summed E-state index contributed by atoms with van der Waals surface area (Å²) in [5, 5.41) is 2.73. The van der Waals surface area contributed by atoms with Gasteiger partial charge in [0, 0.05) is 18.3 Å². The van der Waals surface area contributed by atoms with Gasteiger partial charge < -0.3 is 10.5 Å². The summed E-state index contributed by atoms with van der Waals surface area (Å²) < 4.78 is 101. The fourth-order valence-corrected chi connectivity index (χ4v) is 2.05. The van der Waals surface area contributed by atoms with Crippen LogP contribution in [0, 0.1) is 0 Å². The zero-order valence-electron chi connectivity index (χ0n) is 9.79. The van der Waals surface area contributed by atoms with Gasteiger partial charge in [-0.25, -0.2) is 18.5 Å². The number of pyridine rings is 1. The molecule has 6 nitrogen and oxygen atoms in total. The second kappa shape index (κ2) is 5.31. The smallest absolute Gasteiger partial charge is 0.405 e. The van der Waals surface area contributed by atoms with Gasteiger partial charge in [-0.2, -0.15) is 13.2 Å². The number of aromatic nitrogens is 1. The van der Waals surface area contributed by atoms with E-state index in [2.05, 4.69) is 14.9 Å². The molecule has 0 saturated heterocycles. The van der Waals surface area contributed by atoms with Gasteiger partial charge in [0.15, 0.2) is 10.8 Å². The van der Waals surface area contributed by atoms with E-state index in [0.29, 0.717) is 6.20 Å². The topological polar surface area (TPSA) is 108 Å². The van der Waals surface area contributed by atoms with Crippen molar-refractivity contribution in [3.8, 4) is 5.75 Å². The lowest BCUT2D eigenvalue weighted by Crippen LogP contribution is -2.26. The van der Waals surface area contributed by atoms with E-state index in [0.717, 1.165) is 0 Å². The van der Waals surface area contributed by atoms with Crippen molar-refractivity contribution in [2.75, 3.05) is 0 Å². The Kier molecular flexibility index (Phi) is 4.41. The van der Waals surface area contributed by atoms with E-state index in [4.69, 9.17) is 5.73 Å². The van der Waals surface area contributed by atoms with Crippen LogP contribution in [0.15, 0.2) is 11.2 Å². The lowest BCUT2D eigenvalue weighted by molar-refractivity contribution is -0.276. The highest BCUT2D eigenvalue weighted by molar-refractivity contribution is 7.89. The molecule has 0 fully saturated rings. The first-order valence-electron chi connectivity index (χ1n) is 4.85. The van der Waals surface area contributed by atoms with Crippen LogP contribution >= 0.6 is 0 Å². The largest absolute Gasteiger partial charge is 0.573 e. The Labute approximate surface area is 113 Å². The maximum atomic E-state index is 12.9. The van der Waals surface area contributed by atoms with Gasteiger partial charge in [0.1, 0.15) is 5.56 Å². The summed E-state index contributed by atoms with van der Waals surface area (Å²) in [5.41, 5.74) is 1.96. The van der Waals surface area contributed by atoms with Gasteiger partial charge in [-0.1, -0.05) is 0 Å². The van der Waals surface area contributed by atoms with Crippen molar-refractivity contribution in [3.63, 3.8) is 0 Å². The average Bonchev–Trinajstić information content (AvgIpc) is 2.23. The zero-order valence-corrected chi connectivity index (χ0v) is 10.6. The number of primary sulfonamides is 1. The highest BCUT2D eigenvalue weighted by Gasteiger charge is 2.45. The molecule has 0 radical (unpaired) electrons. The third kappa shape index (κ3) is 4.18. The van der Waals surface area contributed by atoms with Crippen LogP contribution in [0.1, 0.15) is 11.1 Å². The molecule has 120 valence electrons. The number of ether oxygens (including phenoxy) is 1. The van der Waals surface area contributed by atoms with Gasteiger partial charge in [0.2, 0.25) is 0 Å². The lowest BCUT2D eigenvalue weighted by Gasteiger charge is -2.19. The van der Waals surface area contributed by atoms with Crippen molar-refractivity contribution in [1.82, 2.24) is 4.98 Å². The average molecular weight is 339 g/mol. The molecule has 1 aromatic rings. The fourth-order valence-electron chi connectivity index (χ4n) is 1.36. The van der Waals surface area contributed by atoms with Crippen molar-refractivity contribution >= 4 is 10.0 Å². The Bertz CT molecular complexity index is 640. The predicted octanol–water partition coefficient (Wildman–Crippen LogP) is 1.11. The summed E-state index contributed by atoms with van der Waals surface area (Å²) in [6.07, 6.45) is -10.6. The molecule has 1 heterocycles. The molecule has 0 unspecified atom stereocenters. The van der Waals surface area contributed by atoms with E-state index in [9.17, 15) is 34.8 Å². The molecule has 13 heteroatoms. The Hall–Kier alpha value is -1.60. The van der Waals surface area contributed by atoms with Gasteiger partial charge in [-0.3, -0.25) is 0 Å². The number of nitrogens with two attached hydrogens (primary N) is 2. The van der Waals surface area contributed by atoms with E-state index in [1.54, 1.807) is 0 Å². The van der Waals surface area contributed by atoms with Crippen LogP contribution in [0.4, 0.5) is 26.3 Å². The minimum atomic E-state index is -5.51. The molecule has 0 atom stereocenters. The number of hydrogen-bond donors (Lipinski definition) is 2. The summed E-state index contributed by atoms with van der Waals surface area (Å²) >= 11 is 0. The molecule has 1 rings (SSSR count). The highest BCUT2D eigenvalue weighted by atomic mass is 32.2. The number of halogens is 6. The van der Waals surface area contributed by atoms with Gasteiger partial charge in [0.25, 0.3) is 10.0 Å². The monoisotopic (exact) mass is 339 g/mol. The Balaban J connectivity index is 3.79. The molecule has 0 bridgehead atoms. The zero-order chi connectivity index (χ0) is 16.6. The third-order valence-corrected chi connectivity index (χ3v) is 2.91. The minimum Gasteiger partial charge on any atom is -0.405 e. The Morgan fingerprint density at radius 1 is 1.19 bits per heavy atom. The SMILES string of the molecule is NCc1cnc(S(N)(=O)=O)c(C(F)(F)F)c1OC(F)(F)F. The van der Waals surface area contributed by atoms with Gasteiger partial charge >= 0.3 is 12.5 Å². The molecule has 0 aliphatic carbocycles. The first-order chi connectivity index (χ1) is 9.27. The van der Waals surface area contributed by atoms with Crippen molar-refractivity contribution in [2.24, 2.45) is 10.9 Å². The minimum absolute atomic E-state index is 0.413. The number of rotatable bonds is 3. The summed E-state index contributed by atoms with van der Waals surface area (Å²) in [7, 11) is -5.04. The molecule has 1 aromatic heterocycles.